The molecule has 0 spiro atoms. The first-order chi connectivity index (χ1) is 15.6. The van der Waals surface area contributed by atoms with Crippen LogP contribution in [0.4, 0.5) is 15.8 Å². The number of amides is 1. The molecule has 8 nitrogen and oxygen atoms in total. The monoisotopic (exact) mass is 432 g/mol. The van der Waals surface area contributed by atoms with Gasteiger partial charge >= 0.3 is 0 Å². The number of hydrogen-bond donors (Lipinski definition) is 3. The highest BCUT2D eigenvalue weighted by Crippen LogP contribution is 2.28. The number of nitrogens with one attached hydrogen (secondary N) is 2. The first-order valence-corrected chi connectivity index (χ1v) is 10.3. The van der Waals surface area contributed by atoms with E-state index in [4.69, 9.17) is 0 Å². The number of nitrogens with zero attached hydrogens (tertiary/aromatic N) is 4. The normalized spacial score (nSPS) is 14.0. The molecule has 162 valence electrons. The van der Waals surface area contributed by atoms with Crippen LogP contribution >= 0.6 is 0 Å². The summed E-state index contributed by atoms with van der Waals surface area (Å²) in [6.07, 6.45) is 3.19. The first-order valence-electron chi connectivity index (χ1n) is 10.3. The number of piperazine rings is 1. The van der Waals surface area contributed by atoms with Gasteiger partial charge in [0.05, 0.1) is 17.6 Å². The van der Waals surface area contributed by atoms with E-state index in [-0.39, 0.29) is 11.6 Å². The quantitative estimate of drug-likeness (QED) is 0.459. The minimum atomic E-state index is -0.736. The average Bonchev–Trinajstić information content (AvgIpc) is 3.25. The van der Waals surface area contributed by atoms with Crippen LogP contribution < -0.4 is 15.5 Å². The molecule has 1 amide bonds. The van der Waals surface area contributed by atoms with E-state index in [1.807, 2.05) is 24.3 Å². The van der Waals surface area contributed by atoms with Gasteiger partial charge in [-0.3, -0.25) is 4.79 Å². The zero-order valence-electron chi connectivity index (χ0n) is 17.1. The second-order valence-electron chi connectivity index (χ2n) is 7.51. The van der Waals surface area contributed by atoms with Gasteiger partial charge in [-0.25, -0.2) is 13.9 Å². The maximum Gasteiger partial charge on any atom is 0.274 e. The summed E-state index contributed by atoms with van der Waals surface area (Å²) in [7, 11) is 0. The number of fused-ring (bicyclic) bond motifs is 1. The van der Waals surface area contributed by atoms with Crippen LogP contribution in [0, 0.1) is 5.82 Å². The Bertz CT molecular complexity index is 1300. The second-order valence-corrected chi connectivity index (χ2v) is 7.51. The van der Waals surface area contributed by atoms with Crippen molar-refractivity contribution < 1.29 is 14.3 Å². The first kappa shape index (κ1) is 20.0. The summed E-state index contributed by atoms with van der Waals surface area (Å²) in [6.45, 7) is 3.50. The van der Waals surface area contributed by atoms with Gasteiger partial charge < -0.3 is 20.6 Å². The van der Waals surface area contributed by atoms with Crippen molar-refractivity contribution in [2.45, 2.75) is 0 Å². The fourth-order valence-corrected chi connectivity index (χ4v) is 3.82. The molecule has 1 aliphatic heterocycles. The number of carbonyl (C=O) groups is 1. The summed E-state index contributed by atoms with van der Waals surface area (Å²) in [5.41, 5.74) is 3.37. The number of para-hydroxylation sites is 2. The van der Waals surface area contributed by atoms with E-state index in [2.05, 4.69) is 25.6 Å². The Labute approximate surface area is 183 Å². The minimum absolute atomic E-state index is 0.216. The highest BCUT2D eigenvalue weighted by molar-refractivity contribution is 6.05. The van der Waals surface area contributed by atoms with E-state index in [0.717, 1.165) is 37.6 Å². The average molecular weight is 432 g/mol. The Kier molecular flexibility index (Phi) is 5.16. The number of rotatable bonds is 4. The summed E-state index contributed by atoms with van der Waals surface area (Å²) in [5.74, 6) is -1.51. The summed E-state index contributed by atoms with van der Waals surface area (Å²) in [4.78, 5) is 19.7. The molecule has 0 bridgehead atoms. The topological polar surface area (TPSA) is 94.8 Å². The summed E-state index contributed by atoms with van der Waals surface area (Å²) < 4.78 is 15.4. The Morgan fingerprint density at radius 1 is 1.12 bits per heavy atom. The number of aromatic hydroxyl groups is 1. The third kappa shape index (κ3) is 3.74. The van der Waals surface area contributed by atoms with Gasteiger partial charge in [0.25, 0.3) is 5.91 Å². The predicted molar refractivity (Wildman–Crippen MR) is 120 cm³/mol. The van der Waals surface area contributed by atoms with Crippen LogP contribution in [-0.4, -0.2) is 51.8 Å². The molecule has 1 saturated heterocycles. The van der Waals surface area contributed by atoms with Crippen LogP contribution in [0.15, 0.2) is 60.9 Å². The SMILES string of the molecule is O=C(Nc1ccccc1N1CCNCC1)c1ccn2ncc(-c3ccc(O)c(F)c3)c2n1. The maximum atomic E-state index is 13.8. The van der Waals surface area contributed by atoms with Crippen molar-refractivity contribution in [3.05, 3.63) is 72.4 Å². The molecule has 0 radical (unpaired) electrons. The molecule has 0 saturated carbocycles. The summed E-state index contributed by atoms with van der Waals surface area (Å²) >= 11 is 0. The standard InChI is InChI=1S/C23H21FN6O2/c24-17-13-15(5-6-21(17)31)16-14-26-30-10-7-19(27-22(16)30)23(32)28-18-3-1-2-4-20(18)29-11-8-25-9-12-29/h1-7,10,13-14,25,31H,8-9,11-12H2,(H,28,32). The zero-order chi connectivity index (χ0) is 22.1. The van der Waals surface area contributed by atoms with Crippen LogP contribution in [0.3, 0.4) is 0 Å². The Morgan fingerprint density at radius 2 is 1.94 bits per heavy atom. The van der Waals surface area contributed by atoms with Gasteiger partial charge in [-0.2, -0.15) is 5.10 Å². The van der Waals surface area contributed by atoms with Crippen LogP contribution in [0.5, 0.6) is 5.75 Å². The van der Waals surface area contributed by atoms with E-state index in [1.54, 1.807) is 24.5 Å². The molecule has 9 heteroatoms. The fraction of sp³-hybridized carbons (Fsp3) is 0.174. The molecule has 1 aliphatic rings. The maximum absolute atomic E-state index is 13.8. The lowest BCUT2D eigenvalue weighted by Gasteiger charge is -2.31. The van der Waals surface area contributed by atoms with Gasteiger partial charge in [0, 0.05) is 37.9 Å². The molecule has 2 aromatic carbocycles. The Hall–Kier alpha value is -3.98. The summed E-state index contributed by atoms with van der Waals surface area (Å²) in [6, 6.07) is 13.3. The number of aromatic nitrogens is 3. The molecule has 3 heterocycles. The van der Waals surface area contributed by atoms with Gasteiger partial charge in [-0.1, -0.05) is 18.2 Å². The van der Waals surface area contributed by atoms with Crippen LogP contribution in [0.1, 0.15) is 10.5 Å². The lowest BCUT2D eigenvalue weighted by Crippen LogP contribution is -2.43. The van der Waals surface area contributed by atoms with Crippen LogP contribution in [0.25, 0.3) is 16.8 Å². The smallest absolute Gasteiger partial charge is 0.274 e. The minimum Gasteiger partial charge on any atom is -0.505 e. The molecule has 32 heavy (non-hydrogen) atoms. The molecule has 2 aromatic heterocycles. The van der Waals surface area contributed by atoms with Crippen molar-refractivity contribution in [3.8, 4) is 16.9 Å². The van der Waals surface area contributed by atoms with Crippen molar-refractivity contribution in [1.82, 2.24) is 19.9 Å². The number of carbonyl (C=O) groups excluding carboxylic acids is 1. The second kappa shape index (κ2) is 8.27. The van der Waals surface area contributed by atoms with Gasteiger partial charge in [0.1, 0.15) is 5.69 Å². The number of benzene rings is 2. The number of hydrogen-bond acceptors (Lipinski definition) is 6. The van der Waals surface area contributed by atoms with Crippen molar-refractivity contribution in [2.24, 2.45) is 0 Å². The number of phenols is 1. The fourth-order valence-electron chi connectivity index (χ4n) is 3.82. The van der Waals surface area contributed by atoms with Crippen LogP contribution in [-0.2, 0) is 0 Å². The molecule has 5 rings (SSSR count). The van der Waals surface area contributed by atoms with Crippen molar-refractivity contribution in [2.75, 3.05) is 36.4 Å². The molecular weight excluding hydrogens is 411 g/mol. The number of phenolic OH excluding ortho intramolecular Hbond substituents is 1. The highest BCUT2D eigenvalue weighted by Gasteiger charge is 2.18. The molecule has 4 aromatic rings. The molecule has 0 atom stereocenters. The number of anilines is 2. The molecule has 1 fully saturated rings. The van der Waals surface area contributed by atoms with E-state index in [1.165, 1.54) is 16.6 Å². The van der Waals surface area contributed by atoms with Gasteiger partial charge in [-0.05, 0) is 35.9 Å². The van der Waals surface area contributed by atoms with Crippen molar-refractivity contribution >= 4 is 22.9 Å². The summed E-state index contributed by atoms with van der Waals surface area (Å²) in [5, 5.41) is 20.0. The van der Waals surface area contributed by atoms with E-state index in [9.17, 15) is 14.3 Å². The molecule has 3 N–H and O–H groups in total. The highest BCUT2D eigenvalue weighted by atomic mass is 19.1. The zero-order valence-corrected chi connectivity index (χ0v) is 17.1. The van der Waals surface area contributed by atoms with Crippen molar-refractivity contribution in [3.63, 3.8) is 0 Å². The van der Waals surface area contributed by atoms with E-state index in [0.29, 0.717) is 16.8 Å². The lowest BCUT2D eigenvalue weighted by molar-refractivity contribution is 0.102. The predicted octanol–water partition coefficient (Wildman–Crippen LogP) is 2.90. The van der Waals surface area contributed by atoms with E-state index >= 15 is 0 Å². The molecule has 0 unspecified atom stereocenters. The van der Waals surface area contributed by atoms with Gasteiger partial charge in [0.15, 0.2) is 17.2 Å². The molecular formula is C23H21FN6O2. The van der Waals surface area contributed by atoms with Gasteiger partial charge in [-0.15, -0.1) is 0 Å². The third-order valence-corrected chi connectivity index (χ3v) is 5.47. The van der Waals surface area contributed by atoms with Crippen molar-refractivity contribution in [1.29, 1.82) is 0 Å². The molecule has 0 aliphatic carbocycles. The van der Waals surface area contributed by atoms with Crippen LogP contribution in [0.2, 0.25) is 0 Å². The Balaban J connectivity index is 1.45. The van der Waals surface area contributed by atoms with E-state index < -0.39 is 11.6 Å². The lowest BCUT2D eigenvalue weighted by atomic mass is 10.1. The Morgan fingerprint density at radius 3 is 2.75 bits per heavy atom. The third-order valence-electron chi connectivity index (χ3n) is 5.47. The largest absolute Gasteiger partial charge is 0.505 e. The van der Waals surface area contributed by atoms with Gasteiger partial charge in [0.2, 0.25) is 0 Å². The number of halogens is 1.